The molecule has 2 aromatic carbocycles. The zero-order valence-corrected chi connectivity index (χ0v) is 15.6. The minimum Gasteiger partial charge on any atom is -0.319 e. The normalized spacial score (nSPS) is 19.3. The van der Waals surface area contributed by atoms with Gasteiger partial charge in [-0.15, -0.1) is 5.10 Å². The van der Waals surface area contributed by atoms with Crippen molar-refractivity contribution in [2.75, 3.05) is 0 Å². The fourth-order valence-electron chi connectivity index (χ4n) is 3.26. The van der Waals surface area contributed by atoms with Gasteiger partial charge >= 0.3 is 12.2 Å². The quantitative estimate of drug-likeness (QED) is 0.660. The maximum absolute atomic E-state index is 13.1. The Morgan fingerprint density at radius 2 is 1.80 bits per heavy atom. The fourth-order valence-corrected chi connectivity index (χ4v) is 3.26. The van der Waals surface area contributed by atoms with E-state index in [0.29, 0.717) is 5.69 Å². The number of urea groups is 1. The Balaban J connectivity index is 1.64. The summed E-state index contributed by atoms with van der Waals surface area (Å²) >= 11 is 0. The van der Waals surface area contributed by atoms with Gasteiger partial charge in [0.1, 0.15) is 5.54 Å². The molecule has 0 spiro atoms. The number of carbonyl (C=O) groups excluding carboxylic acids is 2. The summed E-state index contributed by atoms with van der Waals surface area (Å²) in [5, 5.41) is 13.8. The predicted octanol–water partition coefficient (Wildman–Crippen LogP) is 2.65. The number of imide groups is 1. The van der Waals surface area contributed by atoms with Crippen LogP contribution in [0.1, 0.15) is 23.9 Å². The van der Waals surface area contributed by atoms with E-state index in [-0.39, 0.29) is 17.9 Å². The molecule has 30 heavy (non-hydrogen) atoms. The van der Waals surface area contributed by atoms with E-state index in [2.05, 4.69) is 20.8 Å². The van der Waals surface area contributed by atoms with E-state index in [1.807, 2.05) is 6.07 Å². The van der Waals surface area contributed by atoms with Gasteiger partial charge in [-0.3, -0.25) is 9.69 Å². The smallest absolute Gasteiger partial charge is 0.319 e. The lowest BCUT2D eigenvalue weighted by Crippen LogP contribution is -2.41. The van der Waals surface area contributed by atoms with Crippen molar-refractivity contribution in [3.63, 3.8) is 0 Å². The van der Waals surface area contributed by atoms with Crippen LogP contribution in [0.4, 0.5) is 18.0 Å². The number of nitrogens with zero attached hydrogens (tertiary/aromatic N) is 5. The third kappa shape index (κ3) is 3.27. The summed E-state index contributed by atoms with van der Waals surface area (Å²) in [5.41, 5.74) is -1.90. The van der Waals surface area contributed by atoms with E-state index in [0.717, 1.165) is 17.0 Å². The Morgan fingerprint density at radius 1 is 1.07 bits per heavy atom. The lowest BCUT2D eigenvalue weighted by molar-refractivity contribution is -0.138. The second-order valence-corrected chi connectivity index (χ2v) is 6.87. The van der Waals surface area contributed by atoms with Crippen molar-refractivity contribution >= 4 is 11.9 Å². The number of carbonyl (C=O) groups is 2. The molecule has 0 bridgehead atoms. The number of nitrogens with one attached hydrogen (secondary N) is 1. The summed E-state index contributed by atoms with van der Waals surface area (Å²) in [5.74, 6) is -0.479. The highest BCUT2D eigenvalue weighted by atomic mass is 19.4. The van der Waals surface area contributed by atoms with E-state index >= 15 is 0 Å². The number of rotatable bonds is 4. The van der Waals surface area contributed by atoms with Gasteiger partial charge in [-0.2, -0.15) is 17.9 Å². The predicted molar refractivity (Wildman–Crippen MR) is 97.0 cm³/mol. The van der Waals surface area contributed by atoms with Crippen LogP contribution in [0.3, 0.4) is 0 Å². The summed E-state index contributed by atoms with van der Waals surface area (Å²) in [6.07, 6.45) is -4.57. The molecule has 1 N–H and O–H groups in total. The SMILES string of the molecule is C[C@@]1(c2cccc(C(F)(F)F)c2)NC(=O)N(Cc2nnnn2-c2ccccc2)C1=O. The van der Waals surface area contributed by atoms with Crippen molar-refractivity contribution in [1.82, 2.24) is 30.4 Å². The zero-order valence-electron chi connectivity index (χ0n) is 15.6. The summed E-state index contributed by atoms with van der Waals surface area (Å²) in [6.45, 7) is 1.12. The number of hydrogen-bond acceptors (Lipinski definition) is 5. The molecule has 4 rings (SSSR count). The monoisotopic (exact) mass is 416 g/mol. The Bertz CT molecular complexity index is 1110. The number of halogens is 3. The molecule has 0 radical (unpaired) electrons. The lowest BCUT2D eigenvalue weighted by Gasteiger charge is -2.23. The largest absolute Gasteiger partial charge is 0.416 e. The number of para-hydroxylation sites is 1. The Morgan fingerprint density at radius 3 is 2.50 bits per heavy atom. The number of aromatic nitrogens is 4. The molecule has 154 valence electrons. The molecule has 1 saturated heterocycles. The highest BCUT2D eigenvalue weighted by Crippen LogP contribution is 2.35. The van der Waals surface area contributed by atoms with E-state index in [4.69, 9.17) is 0 Å². The van der Waals surface area contributed by atoms with Crippen LogP contribution in [0, 0.1) is 0 Å². The maximum Gasteiger partial charge on any atom is 0.416 e. The average Bonchev–Trinajstić information content (AvgIpc) is 3.27. The molecular formula is C19H15F3N6O2. The molecule has 8 nitrogen and oxygen atoms in total. The first-order valence-electron chi connectivity index (χ1n) is 8.85. The summed E-state index contributed by atoms with van der Waals surface area (Å²) < 4.78 is 40.6. The highest BCUT2D eigenvalue weighted by molar-refractivity contribution is 6.07. The third-order valence-corrected chi connectivity index (χ3v) is 4.88. The molecule has 2 heterocycles. The standard InChI is InChI=1S/C19H15F3N6O2/c1-18(12-6-5-7-13(10-12)19(20,21)22)16(29)27(17(30)23-18)11-15-24-25-26-28(15)14-8-3-2-4-9-14/h2-10H,11H2,1H3,(H,23,30)/t18-/m0/s1. The Hall–Kier alpha value is -3.76. The minimum absolute atomic E-state index is 0.0285. The van der Waals surface area contributed by atoms with Gasteiger partial charge in [-0.05, 0) is 47.2 Å². The summed E-state index contributed by atoms with van der Waals surface area (Å²) in [6, 6.07) is 12.4. The van der Waals surface area contributed by atoms with Crippen LogP contribution in [0.5, 0.6) is 0 Å². The Kier molecular flexibility index (Phi) is 4.52. The molecule has 1 aliphatic rings. The van der Waals surface area contributed by atoms with Crippen LogP contribution in [0.15, 0.2) is 54.6 Å². The van der Waals surface area contributed by atoms with E-state index < -0.39 is 29.2 Å². The third-order valence-electron chi connectivity index (χ3n) is 4.88. The lowest BCUT2D eigenvalue weighted by atomic mass is 9.90. The molecule has 0 saturated carbocycles. The topological polar surface area (TPSA) is 93.0 Å². The van der Waals surface area contributed by atoms with Gasteiger partial charge < -0.3 is 5.32 Å². The molecule has 1 atom stereocenters. The van der Waals surface area contributed by atoms with Crippen LogP contribution in [-0.2, 0) is 23.1 Å². The van der Waals surface area contributed by atoms with Gasteiger partial charge in [-0.1, -0.05) is 30.3 Å². The molecule has 3 amide bonds. The first-order chi connectivity index (χ1) is 14.2. The number of amides is 3. The van der Waals surface area contributed by atoms with Gasteiger partial charge in [-0.25, -0.2) is 4.79 Å². The van der Waals surface area contributed by atoms with Crippen molar-refractivity contribution < 1.29 is 22.8 Å². The van der Waals surface area contributed by atoms with Crippen LogP contribution in [0.2, 0.25) is 0 Å². The van der Waals surface area contributed by atoms with Gasteiger partial charge in [0.2, 0.25) is 0 Å². The fraction of sp³-hybridized carbons (Fsp3) is 0.211. The van der Waals surface area contributed by atoms with Crippen molar-refractivity contribution in [2.45, 2.75) is 25.2 Å². The van der Waals surface area contributed by atoms with Gasteiger partial charge in [0.15, 0.2) is 5.82 Å². The van der Waals surface area contributed by atoms with Gasteiger partial charge in [0.25, 0.3) is 5.91 Å². The molecule has 0 aliphatic carbocycles. The number of hydrogen-bond donors (Lipinski definition) is 1. The zero-order chi connectivity index (χ0) is 21.5. The molecular weight excluding hydrogens is 401 g/mol. The van der Waals surface area contributed by atoms with Crippen LogP contribution >= 0.6 is 0 Å². The first kappa shape index (κ1) is 19.6. The Labute approximate surface area is 168 Å². The highest BCUT2D eigenvalue weighted by Gasteiger charge is 2.50. The molecule has 1 fully saturated rings. The maximum atomic E-state index is 13.1. The van der Waals surface area contributed by atoms with Gasteiger partial charge in [0, 0.05) is 0 Å². The average molecular weight is 416 g/mol. The number of benzene rings is 2. The van der Waals surface area contributed by atoms with Crippen LogP contribution < -0.4 is 5.32 Å². The van der Waals surface area contributed by atoms with E-state index in [1.54, 1.807) is 24.3 Å². The first-order valence-corrected chi connectivity index (χ1v) is 8.85. The summed E-state index contributed by atoms with van der Waals surface area (Å²) in [4.78, 5) is 26.5. The molecule has 3 aromatic rings. The van der Waals surface area contributed by atoms with Crippen LogP contribution in [-0.4, -0.2) is 37.0 Å². The number of alkyl halides is 3. The van der Waals surface area contributed by atoms with E-state index in [9.17, 15) is 22.8 Å². The molecule has 1 aliphatic heterocycles. The molecule has 0 unspecified atom stereocenters. The number of tetrazole rings is 1. The second-order valence-electron chi connectivity index (χ2n) is 6.87. The molecule has 11 heteroatoms. The van der Waals surface area contributed by atoms with Crippen molar-refractivity contribution in [2.24, 2.45) is 0 Å². The second kappa shape index (κ2) is 6.94. The summed E-state index contributed by atoms with van der Waals surface area (Å²) in [7, 11) is 0. The molecule has 1 aromatic heterocycles. The van der Waals surface area contributed by atoms with Crippen molar-refractivity contribution in [1.29, 1.82) is 0 Å². The van der Waals surface area contributed by atoms with Crippen molar-refractivity contribution in [3.8, 4) is 5.69 Å². The van der Waals surface area contributed by atoms with Gasteiger partial charge in [0.05, 0.1) is 17.8 Å². The minimum atomic E-state index is -4.57. The van der Waals surface area contributed by atoms with Crippen LogP contribution in [0.25, 0.3) is 5.69 Å². The van der Waals surface area contributed by atoms with E-state index in [1.165, 1.54) is 23.7 Å². The van der Waals surface area contributed by atoms with Crippen molar-refractivity contribution in [3.05, 3.63) is 71.5 Å².